The van der Waals surface area contributed by atoms with Gasteiger partial charge in [0.1, 0.15) is 0 Å². The Bertz CT molecular complexity index is 302. The summed E-state index contributed by atoms with van der Waals surface area (Å²) < 4.78 is 0. The Kier molecular flexibility index (Phi) is 5.54. The van der Waals surface area contributed by atoms with Gasteiger partial charge in [0.2, 0.25) is 0 Å². The van der Waals surface area contributed by atoms with E-state index in [4.69, 9.17) is 5.73 Å². The maximum atomic E-state index is 6.21. The lowest BCUT2D eigenvalue weighted by atomic mass is 9.92. The van der Waals surface area contributed by atoms with Crippen LogP contribution in [0.1, 0.15) is 44.2 Å². The standard InChI is InChI=1S/C15H25N/c1-4-13(5-2)10-15(16)11-14-8-6-7-12(3)9-14/h6-9,13,15H,4-5,10-11,16H2,1-3H3. The largest absolute Gasteiger partial charge is 0.327 e. The van der Waals surface area contributed by atoms with E-state index in [0.717, 1.165) is 18.8 Å². The van der Waals surface area contributed by atoms with Gasteiger partial charge in [-0.15, -0.1) is 0 Å². The molecular formula is C15H25N. The maximum absolute atomic E-state index is 6.21. The molecule has 1 aromatic carbocycles. The second-order valence-electron chi connectivity index (χ2n) is 4.87. The van der Waals surface area contributed by atoms with Gasteiger partial charge in [-0.1, -0.05) is 56.5 Å². The molecule has 0 fully saturated rings. The topological polar surface area (TPSA) is 26.0 Å². The zero-order valence-electron chi connectivity index (χ0n) is 10.9. The molecule has 0 amide bonds. The Morgan fingerprint density at radius 1 is 1.19 bits per heavy atom. The van der Waals surface area contributed by atoms with E-state index >= 15 is 0 Å². The first-order valence-corrected chi connectivity index (χ1v) is 6.46. The van der Waals surface area contributed by atoms with Crippen molar-refractivity contribution in [2.24, 2.45) is 11.7 Å². The molecule has 0 saturated heterocycles. The van der Waals surface area contributed by atoms with Crippen molar-refractivity contribution in [3.63, 3.8) is 0 Å². The average molecular weight is 219 g/mol. The number of aryl methyl sites for hydroxylation is 1. The summed E-state index contributed by atoms with van der Waals surface area (Å²) >= 11 is 0. The Morgan fingerprint density at radius 2 is 1.88 bits per heavy atom. The first-order chi connectivity index (χ1) is 7.65. The van der Waals surface area contributed by atoms with E-state index in [0.29, 0.717) is 6.04 Å². The molecule has 0 aliphatic rings. The highest BCUT2D eigenvalue weighted by Gasteiger charge is 2.10. The van der Waals surface area contributed by atoms with Crippen molar-refractivity contribution in [2.45, 2.75) is 52.5 Å². The summed E-state index contributed by atoms with van der Waals surface area (Å²) in [7, 11) is 0. The fraction of sp³-hybridized carbons (Fsp3) is 0.600. The highest BCUT2D eigenvalue weighted by Crippen LogP contribution is 2.16. The maximum Gasteiger partial charge on any atom is 0.00819 e. The molecule has 1 rings (SSSR count). The summed E-state index contributed by atoms with van der Waals surface area (Å²) in [4.78, 5) is 0. The van der Waals surface area contributed by atoms with Crippen LogP contribution in [0.2, 0.25) is 0 Å². The predicted octanol–water partition coefficient (Wildman–Crippen LogP) is 3.69. The van der Waals surface area contributed by atoms with Crippen LogP contribution in [0, 0.1) is 12.8 Å². The van der Waals surface area contributed by atoms with Crippen molar-refractivity contribution in [3.05, 3.63) is 35.4 Å². The van der Waals surface area contributed by atoms with E-state index in [1.165, 1.54) is 24.0 Å². The Hall–Kier alpha value is -0.820. The molecule has 1 aromatic rings. The number of hydrogen-bond acceptors (Lipinski definition) is 1. The van der Waals surface area contributed by atoms with Crippen molar-refractivity contribution in [1.82, 2.24) is 0 Å². The molecule has 1 heteroatoms. The fourth-order valence-electron chi connectivity index (χ4n) is 2.28. The van der Waals surface area contributed by atoms with Gasteiger partial charge in [0, 0.05) is 6.04 Å². The molecular weight excluding hydrogens is 194 g/mol. The molecule has 1 unspecified atom stereocenters. The van der Waals surface area contributed by atoms with Gasteiger partial charge in [-0.05, 0) is 31.2 Å². The molecule has 0 bridgehead atoms. The van der Waals surface area contributed by atoms with Gasteiger partial charge in [0.15, 0.2) is 0 Å². The van der Waals surface area contributed by atoms with Crippen LogP contribution in [0.5, 0.6) is 0 Å². The highest BCUT2D eigenvalue weighted by molar-refractivity contribution is 5.22. The van der Waals surface area contributed by atoms with Gasteiger partial charge in [-0.25, -0.2) is 0 Å². The second kappa shape index (κ2) is 6.70. The van der Waals surface area contributed by atoms with Crippen LogP contribution in [0.3, 0.4) is 0 Å². The number of nitrogens with two attached hydrogens (primary N) is 1. The molecule has 0 radical (unpaired) electrons. The van der Waals surface area contributed by atoms with Gasteiger partial charge in [0.25, 0.3) is 0 Å². The monoisotopic (exact) mass is 219 g/mol. The molecule has 16 heavy (non-hydrogen) atoms. The van der Waals surface area contributed by atoms with E-state index in [-0.39, 0.29) is 0 Å². The third kappa shape index (κ3) is 4.36. The normalized spacial score (nSPS) is 13.1. The van der Waals surface area contributed by atoms with Crippen molar-refractivity contribution >= 4 is 0 Å². The highest BCUT2D eigenvalue weighted by atomic mass is 14.6. The molecule has 0 heterocycles. The lowest BCUT2D eigenvalue weighted by molar-refractivity contribution is 0.407. The Balaban J connectivity index is 2.47. The first kappa shape index (κ1) is 13.2. The average Bonchev–Trinajstić information content (AvgIpc) is 2.26. The van der Waals surface area contributed by atoms with Gasteiger partial charge < -0.3 is 5.73 Å². The lowest BCUT2D eigenvalue weighted by Gasteiger charge is -2.18. The number of rotatable bonds is 6. The zero-order chi connectivity index (χ0) is 12.0. The van der Waals surface area contributed by atoms with E-state index in [2.05, 4.69) is 45.0 Å². The van der Waals surface area contributed by atoms with E-state index in [1.54, 1.807) is 0 Å². The fourth-order valence-corrected chi connectivity index (χ4v) is 2.28. The zero-order valence-corrected chi connectivity index (χ0v) is 10.9. The molecule has 0 aliphatic carbocycles. The summed E-state index contributed by atoms with van der Waals surface area (Å²) in [6, 6.07) is 8.99. The second-order valence-corrected chi connectivity index (χ2v) is 4.87. The molecule has 0 aliphatic heterocycles. The van der Waals surface area contributed by atoms with Crippen LogP contribution in [0.4, 0.5) is 0 Å². The summed E-state index contributed by atoms with van der Waals surface area (Å²) in [6.45, 7) is 6.65. The first-order valence-electron chi connectivity index (χ1n) is 6.46. The molecule has 1 atom stereocenters. The van der Waals surface area contributed by atoms with Crippen molar-refractivity contribution in [1.29, 1.82) is 0 Å². The molecule has 0 aromatic heterocycles. The van der Waals surface area contributed by atoms with Crippen LogP contribution in [0.15, 0.2) is 24.3 Å². The van der Waals surface area contributed by atoms with Crippen molar-refractivity contribution in [3.8, 4) is 0 Å². The van der Waals surface area contributed by atoms with Gasteiger partial charge >= 0.3 is 0 Å². The van der Waals surface area contributed by atoms with Crippen LogP contribution < -0.4 is 5.73 Å². The van der Waals surface area contributed by atoms with Crippen LogP contribution >= 0.6 is 0 Å². The van der Waals surface area contributed by atoms with E-state index < -0.39 is 0 Å². The molecule has 90 valence electrons. The minimum absolute atomic E-state index is 0.312. The van der Waals surface area contributed by atoms with Gasteiger partial charge in [0.05, 0.1) is 0 Å². The van der Waals surface area contributed by atoms with Crippen LogP contribution in [-0.4, -0.2) is 6.04 Å². The third-order valence-electron chi connectivity index (χ3n) is 3.37. The third-order valence-corrected chi connectivity index (χ3v) is 3.37. The summed E-state index contributed by atoms with van der Waals surface area (Å²) in [5, 5.41) is 0. The number of benzene rings is 1. The molecule has 1 nitrogen and oxygen atoms in total. The molecule has 0 spiro atoms. The Labute approximate surface area is 100 Å². The predicted molar refractivity (Wildman–Crippen MR) is 71.5 cm³/mol. The van der Waals surface area contributed by atoms with E-state index in [9.17, 15) is 0 Å². The van der Waals surface area contributed by atoms with Crippen molar-refractivity contribution < 1.29 is 0 Å². The lowest BCUT2D eigenvalue weighted by Crippen LogP contribution is -2.25. The Morgan fingerprint density at radius 3 is 2.44 bits per heavy atom. The summed E-state index contributed by atoms with van der Waals surface area (Å²) in [5.41, 5.74) is 8.91. The number of hydrogen-bond donors (Lipinski definition) is 1. The van der Waals surface area contributed by atoms with E-state index in [1.807, 2.05) is 0 Å². The van der Waals surface area contributed by atoms with Gasteiger partial charge in [-0.2, -0.15) is 0 Å². The quantitative estimate of drug-likeness (QED) is 0.776. The summed E-state index contributed by atoms with van der Waals surface area (Å²) in [6.07, 6.45) is 4.66. The van der Waals surface area contributed by atoms with Crippen molar-refractivity contribution in [2.75, 3.05) is 0 Å². The molecule has 0 saturated carbocycles. The molecule has 2 N–H and O–H groups in total. The summed E-state index contributed by atoms with van der Waals surface area (Å²) in [5.74, 6) is 0.791. The minimum Gasteiger partial charge on any atom is -0.327 e. The smallest absolute Gasteiger partial charge is 0.00819 e. The SMILES string of the molecule is CCC(CC)CC(N)Cc1cccc(C)c1. The minimum atomic E-state index is 0.312. The van der Waals surface area contributed by atoms with Crippen LogP contribution in [0.25, 0.3) is 0 Å². The van der Waals surface area contributed by atoms with Crippen LogP contribution in [-0.2, 0) is 6.42 Å². The van der Waals surface area contributed by atoms with Gasteiger partial charge in [-0.3, -0.25) is 0 Å².